The number of ether oxygens (including phenoxy) is 2. The van der Waals surface area contributed by atoms with E-state index in [-0.39, 0.29) is 60.4 Å². The number of oxime groups is 2. The first-order valence-corrected chi connectivity index (χ1v) is 20.1. The second-order valence-corrected chi connectivity index (χ2v) is 16.0. The maximum absolute atomic E-state index is 13.0. The van der Waals surface area contributed by atoms with Gasteiger partial charge in [-0.15, -0.1) is 0 Å². The van der Waals surface area contributed by atoms with E-state index >= 15 is 0 Å². The number of aromatic hydroxyl groups is 1. The molecule has 8 bridgehead atoms. The molecule has 0 aliphatic carbocycles. The van der Waals surface area contributed by atoms with Gasteiger partial charge in [-0.05, 0) is 147 Å². The highest BCUT2D eigenvalue weighted by Gasteiger charge is 2.22. The van der Waals surface area contributed by atoms with Crippen LogP contribution in [0.5, 0.6) is 34.5 Å². The summed E-state index contributed by atoms with van der Waals surface area (Å²) < 4.78 is 51.0. The number of phenolic OH excluding ortho intramolecular Hbond substituents is 1. The third kappa shape index (κ3) is 10.7. The number of nitrogens with one attached hydrogen (secondary N) is 2. The molecule has 284 valence electrons. The lowest BCUT2D eigenvalue weighted by Crippen LogP contribution is -2.33. The molecule has 0 fully saturated rings. The van der Waals surface area contributed by atoms with Gasteiger partial charge in [0.2, 0.25) is 0 Å². The van der Waals surface area contributed by atoms with Crippen LogP contribution in [0.2, 0.25) is 0 Å². The average Bonchev–Trinajstić information content (AvgIpc) is 3.10. The molecule has 0 saturated carbocycles. The molecule has 8 rings (SSSR count). The van der Waals surface area contributed by atoms with Crippen molar-refractivity contribution < 1.29 is 51.7 Å². The third-order valence-electron chi connectivity index (χ3n) is 7.68. The molecule has 4 aliphatic heterocycles. The minimum atomic E-state index is -4.99. The van der Waals surface area contributed by atoms with E-state index in [9.17, 15) is 38.1 Å². The zero-order valence-corrected chi connectivity index (χ0v) is 34.6. The maximum Gasteiger partial charge on any atom is 0.446 e. The van der Waals surface area contributed by atoms with Crippen molar-refractivity contribution in [1.82, 2.24) is 10.6 Å². The van der Waals surface area contributed by atoms with Crippen molar-refractivity contribution in [2.45, 2.75) is 25.7 Å². The van der Waals surface area contributed by atoms with E-state index in [1.807, 2.05) is 0 Å². The summed E-state index contributed by atoms with van der Waals surface area (Å²) in [7, 11) is -4.99. The summed E-state index contributed by atoms with van der Waals surface area (Å²) in [6.45, 7) is 0.304. The lowest BCUT2D eigenvalue weighted by atomic mass is 10.1. The molecule has 2 amide bonds. The molecule has 4 aromatic rings. The topological polar surface area (TPSA) is 226 Å². The van der Waals surface area contributed by atoms with Gasteiger partial charge in [0.05, 0.1) is 17.9 Å². The highest BCUT2D eigenvalue weighted by Crippen LogP contribution is 2.42. The Morgan fingerprint density at radius 3 is 1.78 bits per heavy atom. The summed E-state index contributed by atoms with van der Waals surface area (Å²) in [5.41, 5.74) is 1.88. The summed E-state index contributed by atoms with van der Waals surface area (Å²) in [5.74, 6) is -1.38. The van der Waals surface area contributed by atoms with Crippen molar-refractivity contribution in [2.75, 3.05) is 13.1 Å². The summed E-state index contributed by atoms with van der Waals surface area (Å²) in [4.78, 5) is 26.0. The van der Waals surface area contributed by atoms with Gasteiger partial charge in [0.25, 0.3) is 11.8 Å². The molecule has 0 saturated heterocycles. The Morgan fingerprint density at radius 1 is 0.648 bits per heavy atom. The smallest absolute Gasteiger partial charge is 0.446 e. The number of benzene rings is 4. The quantitative estimate of drug-likeness (QED) is 0.0682. The van der Waals surface area contributed by atoms with E-state index in [2.05, 4.69) is 84.7 Å². The number of amides is 2. The van der Waals surface area contributed by atoms with Crippen LogP contribution < -0.4 is 24.3 Å². The van der Waals surface area contributed by atoms with Crippen molar-refractivity contribution in [3.05, 3.63) is 101 Å². The van der Waals surface area contributed by atoms with Gasteiger partial charge in [-0.3, -0.25) is 14.1 Å². The first kappa shape index (κ1) is 41.0. The number of phenols is 1. The molecule has 0 aromatic heterocycles. The van der Waals surface area contributed by atoms with E-state index in [0.29, 0.717) is 53.2 Å². The molecule has 15 nitrogen and oxygen atoms in total. The largest absolute Gasteiger partial charge is 0.503 e. The molecular weight excluding hydrogens is 992 g/mol. The Balaban J connectivity index is 1.49. The number of rotatable bonds is 2. The van der Waals surface area contributed by atoms with Crippen LogP contribution in [-0.2, 0) is 45.7 Å². The van der Waals surface area contributed by atoms with Crippen LogP contribution in [0.4, 0.5) is 0 Å². The predicted molar refractivity (Wildman–Crippen MR) is 210 cm³/mol. The molecule has 20 heteroatoms. The third-order valence-corrected chi connectivity index (χ3v) is 10.5. The van der Waals surface area contributed by atoms with E-state index in [1.54, 1.807) is 42.5 Å². The molecular formula is C34H28Br4N4O11S. The number of halogens is 4. The van der Waals surface area contributed by atoms with Crippen molar-refractivity contribution in [3.8, 4) is 34.5 Å². The van der Waals surface area contributed by atoms with E-state index < -0.39 is 28.0 Å². The van der Waals surface area contributed by atoms with Gasteiger partial charge in [0.15, 0.2) is 28.7 Å². The van der Waals surface area contributed by atoms with Crippen molar-refractivity contribution in [2.24, 2.45) is 10.3 Å². The van der Waals surface area contributed by atoms with Crippen LogP contribution in [0.15, 0.2) is 88.9 Å². The van der Waals surface area contributed by atoms with Gasteiger partial charge < -0.3 is 39.8 Å². The highest BCUT2D eigenvalue weighted by atomic mass is 79.9. The van der Waals surface area contributed by atoms with Crippen LogP contribution in [0.25, 0.3) is 0 Å². The van der Waals surface area contributed by atoms with Crippen molar-refractivity contribution >= 4 is 97.4 Å². The number of hydrogen-bond acceptors (Lipinski definition) is 12. The van der Waals surface area contributed by atoms with E-state index in [1.165, 1.54) is 18.2 Å². The Bertz CT molecular complexity index is 2260. The summed E-state index contributed by atoms with van der Waals surface area (Å²) in [6, 6.07) is 15.6. The summed E-state index contributed by atoms with van der Waals surface area (Å²) >= 11 is 13.7. The highest BCUT2D eigenvalue weighted by molar-refractivity contribution is 9.11. The molecule has 54 heavy (non-hydrogen) atoms. The van der Waals surface area contributed by atoms with Crippen molar-refractivity contribution in [3.63, 3.8) is 0 Å². The monoisotopic (exact) mass is 1020 g/mol. The van der Waals surface area contributed by atoms with Gasteiger partial charge in [-0.25, -0.2) is 0 Å². The zero-order valence-electron chi connectivity index (χ0n) is 27.5. The van der Waals surface area contributed by atoms with Crippen LogP contribution in [0.1, 0.15) is 22.3 Å². The van der Waals surface area contributed by atoms with Crippen LogP contribution in [0, 0.1) is 0 Å². The number of nitrogens with zero attached hydrogens (tertiary/aromatic N) is 2. The maximum atomic E-state index is 13.0. The second kappa shape index (κ2) is 17.9. The van der Waals surface area contributed by atoms with Crippen LogP contribution in [-0.4, -0.2) is 64.8 Å². The Morgan fingerprint density at radius 2 is 1.19 bits per heavy atom. The fraction of sp³-hybridized carbons (Fsp3) is 0.176. The number of hydrogen-bond donors (Lipinski definition) is 6. The Kier molecular flexibility index (Phi) is 13.6. The van der Waals surface area contributed by atoms with Gasteiger partial charge in [-0.2, -0.15) is 8.42 Å². The standard InChI is InChI=1S/C34H28Br4N4O11S/c35-21-9-17-1-3-27(21)51-30-16-19(10-22(36)31(30)43)6-8-40-34(45)26(42-47)14-20-11-23(37)32(24(38)12-20)52-29-15-18(2-4-28(29)53-54(48,49)50)13-25(41-46)33(44)39-7-5-17/h1-4,9-12,15-16,43,46-47H,5-8,13-14H2,(H,39,44)(H,40,45)(H,48,49,50)/b41-25+,42-26+. The molecule has 6 N–H and O–H groups in total. The predicted octanol–water partition coefficient (Wildman–Crippen LogP) is 6.99. The van der Waals surface area contributed by atoms with Crippen molar-refractivity contribution in [1.29, 1.82) is 0 Å². The number of carbonyl (C=O) groups excluding carboxylic acids is 2. The molecule has 4 aromatic carbocycles. The average molecular weight is 1020 g/mol. The molecule has 4 heterocycles. The van der Waals surface area contributed by atoms with E-state index in [4.69, 9.17) is 13.7 Å². The van der Waals surface area contributed by atoms with Gasteiger partial charge in [0, 0.05) is 25.9 Å². The summed E-state index contributed by atoms with van der Waals surface area (Å²) in [5, 5.41) is 41.9. The fourth-order valence-corrected chi connectivity index (χ4v) is 7.95. The first-order chi connectivity index (χ1) is 25.6. The zero-order chi connectivity index (χ0) is 39.2. The second-order valence-electron chi connectivity index (χ2n) is 11.5. The summed E-state index contributed by atoms with van der Waals surface area (Å²) in [6.07, 6.45) is 0.363. The van der Waals surface area contributed by atoms with E-state index in [0.717, 1.165) is 5.56 Å². The number of carbonyl (C=O) groups is 2. The van der Waals surface area contributed by atoms with Gasteiger partial charge in [0.1, 0.15) is 17.2 Å². The van der Waals surface area contributed by atoms with Crippen LogP contribution in [0.3, 0.4) is 0 Å². The molecule has 0 unspecified atom stereocenters. The molecule has 0 radical (unpaired) electrons. The molecule has 4 aliphatic rings. The first-order valence-electron chi connectivity index (χ1n) is 15.6. The SMILES string of the molecule is O=C1NCCc2cc(Br)c(O)c(c2)Oc2ccc(cc2Br)CCNC(=O)/C(=N/O)Cc2ccc(OS(=O)(=O)O)c(c2)Oc2c(Br)cc(cc2Br)C/C1=N\O. The lowest BCUT2D eigenvalue weighted by Gasteiger charge is -2.16. The van der Waals surface area contributed by atoms with Gasteiger partial charge >= 0.3 is 10.4 Å². The molecule has 0 spiro atoms. The minimum Gasteiger partial charge on any atom is -0.503 e. The van der Waals surface area contributed by atoms with Gasteiger partial charge in [-0.1, -0.05) is 22.4 Å². The van der Waals surface area contributed by atoms with Crippen LogP contribution >= 0.6 is 63.7 Å². The molecule has 0 atom stereocenters. The lowest BCUT2D eigenvalue weighted by molar-refractivity contribution is -0.115. The fourth-order valence-electron chi connectivity index (χ4n) is 5.15. The normalized spacial score (nSPS) is 16.2. The Labute approximate surface area is 341 Å². The minimum absolute atomic E-state index is 0.117. The Hall–Kier alpha value is -4.21.